The molecule has 2 atom stereocenters. The van der Waals surface area contributed by atoms with Crippen LogP contribution >= 0.6 is 0 Å². The first-order valence-electron chi connectivity index (χ1n) is 7.20. The monoisotopic (exact) mass is 279 g/mol. The molecular weight excluding hydrogens is 257 g/mol. The van der Waals surface area contributed by atoms with Crippen LogP contribution in [0.25, 0.3) is 0 Å². The summed E-state index contributed by atoms with van der Waals surface area (Å²) in [5.41, 5.74) is 0.828. The number of ketones is 1. The maximum atomic E-state index is 12.8. The van der Waals surface area contributed by atoms with Crippen molar-refractivity contribution in [2.75, 3.05) is 13.6 Å². The molecule has 2 rings (SSSR count). The van der Waals surface area contributed by atoms with Gasteiger partial charge in [-0.25, -0.2) is 4.39 Å². The summed E-state index contributed by atoms with van der Waals surface area (Å²) in [5.74, 6) is -0.194. The number of hydrogen-bond donors (Lipinski definition) is 1. The summed E-state index contributed by atoms with van der Waals surface area (Å²) in [6.45, 7) is 0.332. The molecule has 0 spiro atoms. The summed E-state index contributed by atoms with van der Waals surface area (Å²) in [4.78, 5) is 14.0. The van der Waals surface area contributed by atoms with Gasteiger partial charge in [-0.15, -0.1) is 0 Å². The van der Waals surface area contributed by atoms with E-state index in [1.165, 1.54) is 12.1 Å². The van der Waals surface area contributed by atoms with E-state index in [1.54, 1.807) is 12.1 Å². The molecule has 0 heterocycles. The molecule has 0 amide bonds. The lowest BCUT2D eigenvalue weighted by molar-refractivity contribution is -0.120. The Bertz CT molecular complexity index is 446. The molecular formula is C16H22FNO2. The second-order valence-corrected chi connectivity index (χ2v) is 5.68. The zero-order chi connectivity index (χ0) is 14.5. The fourth-order valence-electron chi connectivity index (χ4n) is 2.89. The van der Waals surface area contributed by atoms with E-state index in [1.807, 2.05) is 11.9 Å². The summed E-state index contributed by atoms with van der Waals surface area (Å²) in [5, 5.41) is 9.98. The van der Waals surface area contributed by atoms with Gasteiger partial charge in [-0.05, 0) is 37.6 Å². The minimum Gasteiger partial charge on any atom is -0.391 e. The van der Waals surface area contributed by atoms with Gasteiger partial charge in [0.05, 0.1) is 12.6 Å². The summed E-state index contributed by atoms with van der Waals surface area (Å²) < 4.78 is 12.8. The largest absolute Gasteiger partial charge is 0.391 e. The first kappa shape index (κ1) is 15.1. The standard InChI is InChI=1S/C16H22FNO2/c1-18(15-4-2-3-5-16(15)20)11-14(19)10-12-6-8-13(17)9-7-12/h6-9,15-16,20H,2-5,10-11H2,1H3. The van der Waals surface area contributed by atoms with Crippen LogP contribution in [0.15, 0.2) is 24.3 Å². The van der Waals surface area contributed by atoms with Crippen LogP contribution in [0.4, 0.5) is 4.39 Å². The Hall–Kier alpha value is -1.26. The Morgan fingerprint density at radius 2 is 1.95 bits per heavy atom. The summed E-state index contributed by atoms with van der Waals surface area (Å²) in [6.07, 6.45) is 3.93. The second kappa shape index (κ2) is 6.95. The minimum atomic E-state index is -0.327. The van der Waals surface area contributed by atoms with Gasteiger partial charge in [0, 0.05) is 12.5 Å². The van der Waals surface area contributed by atoms with Gasteiger partial charge in [-0.3, -0.25) is 9.69 Å². The van der Waals surface area contributed by atoms with E-state index >= 15 is 0 Å². The number of halogens is 1. The maximum absolute atomic E-state index is 12.8. The Kier molecular flexibility index (Phi) is 5.26. The molecule has 110 valence electrons. The number of nitrogens with zero attached hydrogens (tertiary/aromatic N) is 1. The number of carbonyl (C=O) groups excluding carboxylic acids is 1. The molecule has 2 unspecified atom stereocenters. The molecule has 1 N–H and O–H groups in total. The molecule has 0 bridgehead atoms. The average molecular weight is 279 g/mol. The Labute approximate surface area is 119 Å². The fourth-order valence-corrected chi connectivity index (χ4v) is 2.89. The molecule has 0 aromatic heterocycles. The Balaban J connectivity index is 1.85. The lowest BCUT2D eigenvalue weighted by atomic mass is 9.91. The van der Waals surface area contributed by atoms with E-state index in [4.69, 9.17) is 0 Å². The van der Waals surface area contributed by atoms with E-state index in [-0.39, 0.29) is 23.7 Å². The molecule has 1 aromatic carbocycles. The van der Waals surface area contributed by atoms with Gasteiger partial charge >= 0.3 is 0 Å². The number of rotatable bonds is 5. The third kappa shape index (κ3) is 4.12. The number of aliphatic hydroxyl groups excluding tert-OH is 1. The molecule has 1 fully saturated rings. The highest BCUT2D eigenvalue weighted by atomic mass is 19.1. The van der Waals surface area contributed by atoms with Crippen LogP contribution < -0.4 is 0 Å². The van der Waals surface area contributed by atoms with Gasteiger partial charge < -0.3 is 5.11 Å². The number of likely N-dealkylation sites (N-methyl/N-ethyl adjacent to an activating group) is 1. The van der Waals surface area contributed by atoms with Crippen LogP contribution in [-0.4, -0.2) is 41.5 Å². The van der Waals surface area contributed by atoms with Crippen molar-refractivity contribution in [1.82, 2.24) is 4.90 Å². The predicted octanol–water partition coefficient (Wildman–Crippen LogP) is 2.17. The molecule has 1 aliphatic rings. The van der Waals surface area contributed by atoms with Crippen LogP contribution in [0.2, 0.25) is 0 Å². The van der Waals surface area contributed by atoms with Gasteiger partial charge in [0.2, 0.25) is 0 Å². The van der Waals surface area contributed by atoms with E-state index in [0.29, 0.717) is 13.0 Å². The first-order chi connectivity index (χ1) is 9.56. The molecule has 1 aliphatic carbocycles. The van der Waals surface area contributed by atoms with Crippen molar-refractivity contribution in [1.29, 1.82) is 0 Å². The van der Waals surface area contributed by atoms with Gasteiger partial charge in [-0.1, -0.05) is 25.0 Å². The lowest BCUT2D eigenvalue weighted by Gasteiger charge is -2.34. The Morgan fingerprint density at radius 1 is 1.30 bits per heavy atom. The smallest absolute Gasteiger partial charge is 0.151 e. The number of aliphatic hydroxyl groups is 1. The highest BCUT2D eigenvalue weighted by molar-refractivity contribution is 5.82. The number of Topliss-reactive ketones (excluding diaryl/α,β-unsaturated/α-hetero) is 1. The van der Waals surface area contributed by atoms with Crippen LogP contribution in [-0.2, 0) is 11.2 Å². The van der Waals surface area contributed by atoms with Crippen molar-refractivity contribution < 1.29 is 14.3 Å². The third-order valence-electron chi connectivity index (χ3n) is 4.00. The number of hydrogen-bond acceptors (Lipinski definition) is 3. The van der Waals surface area contributed by atoms with Crippen molar-refractivity contribution in [3.63, 3.8) is 0 Å². The molecule has 0 saturated heterocycles. The SMILES string of the molecule is CN(CC(=O)Cc1ccc(F)cc1)C1CCCCC1O. The zero-order valence-corrected chi connectivity index (χ0v) is 11.9. The van der Waals surface area contributed by atoms with Crippen LogP contribution in [0.3, 0.4) is 0 Å². The van der Waals surface area contributed by atoms with Gasteiger partial charge in [0.25, 0.3) is 0 Å². The normalized spacial score (nSPS) is 23.0. The van der Waals surface area contributed by atoms with Crippen molar-refractivity contribution in [3.8, 4) is 0 Å². The maximum Gasteiger partial charge on any atom is 0.151 e. The zero-order valence-electron chi connectivity index (χ0n) is 11.9. The van der Waals surface area contributed by atoms with Crippen LogP contribution in [0.5, 0.6) is 0 Å². The van der Waals surface area contributed by atoms with Gasteiger partial charge in [-0.2, -0.15) is 0 Å². The van der Waals surface area contributed by atoms with E-state index in [9.17, 15) is 14.3 Å². The first-order valence-corrected chi connectivity index (χ1v) is 7.20. The van der Waals surface area contributed by atoms with E-state index < -0.39 is 0 Å². The predicted molar refractivity (Wildman–Crippen MR) is 76.0 cm³/mol. The molecule has 1 aromatic rings. The molecule has 1 saturated carbocycles. The van der Waals surface area contributed by atoms with E-state index in [0.717, 1.165) is 31.2 Å². The molecule has 3 nitrogen and oxygen atoms in total. The average Bonchev–Trinajstić information content (AvgIpc) is 2.41. The van der Waals surface area contributed by atoms with Gasteiger partial charge in [0.15, 0.2) is 5.78 Å². The summed E-state index contributed by atoms with van der Waals surface area (Å²) in [7, 11) is 1.89. The minimum absolute atomic E-state index is 0.0842. The van der Waals surface area contributed by atoms with Crippen molar-refractivity contribution in [3.05, 3.63) is 35.6 Å². The molecule has 0 radical (unpaired) electrons. The summed E-state index contributed by atoms with van der Waals surface area (Å²) in [6, 6.07) is 6.11. The van der Waals surface area contributed by atoms with Gasteiger partial charge in [0.1, 0.15) is 5.82 Å². The van der Waals surface area contributed by atoms with Crippen molar-refractivity contribution in [2.45, 2.75) is 44.2 Å². The highest BCUT2D eigenvalue weighted by Crippen LogP contribution is 2.22. The molecule has 20 heavy (non-hydrogen) atoms. The molecule has 4 heteroatoms. The second-order valence-electron chi connectivity index (χ2n) is 5.68. The van der Waals surface area contributed by atoms with Crippen molar-refractivity contribution >= 4 is 5.78 Å². The number of carbonyl (C=O) groups is 1. The highest BCUT2D eigenvalue weighted by Gasteiger charge is 2.27. The topological polar surface area (TPSA) is 40.5 Å². The van der Waals surface area contributed by atoms with Crippen LogP contribution in [0.1, 0.15) is 31.2 Å². The molecule has 0 aliphatic heterocycles. The summed E-state index contributed by atoms with van der Waals surface area (Å²) >= 11 is 0. The number of benzene rings is 1. The Morgan fingerprint density at radius 3 is 2.60 bits per heavy atom. The third-order valence-corrected chi connectivity index (χ3v) is 4.00. The fraction of sp³-hybridized carbons (Fsp3) is 0.562. The lowest BCUT2D eigenvalue weighted by Crippen LogP contribution is -2.45. The van der Waals surface area contributed by atoms with Crippen LogP contribution in [0, 0.1) is 5.82 Å². The quantitative estimate of drug-likeness (QED) is 0.898. The van der Waals surface area contributed by atoms with E-state index in [2.05, 4.69) is 0 Å². The van der Waals surface area contributed by atoms with Crippen molar-refractivity contribution in [2.24, 2.45) is 0 Å².